The standard InChI is InChI=1S/C30H24N4O3/c1-34(29(35)23-10-13-27-28(18-23)32-15-14-31-27)19-20-4-2-5-22(16-20)21-8-11-25(12-9-21)33-26-7-3-6-24(17-26)30(36)37/h2-18,33H,19H2,1H3,(H,36,37). The highest BCUT2D eigenvalue weighted by Gasteiger charge is 2.14. The summed E-state index contributed by atoms with van der Waals surface area (Å²) in [4.78, 5) is 34.5. The minimum absolute atomic E-state index is 0.0830. The Morgan fingerprint density at radius 1 is 0.757 bits per heavy atom. The van der Waals surface area contributed by atoms with Crippen molar-refractivity contribution < 1.29 is 14.7 Å². The molecule has 0 saturated carbocycles. The summed E-state index contributed by atoms with van der Waals surface area (Å²) in [6.45, 7) is 0.463. The fourth-order valence-corrected chi connectivity index (χ4v) is 4.15. The Kier molecular flexibility index (Phi) is 6.59. The Hall–Kier alpha value is -5.04. The summed E-state index contributed by atoms with van der Waals surface area (Å²) >= 11 is 0. The predicted molar refractivity (Wildman–Crippen MR) is 144 cm³/mol. The molecule has 7 heteroatoms. The molecule has 0 aliphatic carbocycles. The van der Waals surface area contributed by atoms with E-state index < -0.39 is 5.97 Å². The van der Waals surface area contributed by atoms with E-state index in [1.54, 1.807) is 54.7 Å². The minimum atomic E-state index is -0.960. The second-order valence-electron chi connectivity index (χ2n) is 8.71. The third-order valence-electron chi connectivity index (χ3n) is 6.03. The number of aromatic carboxylic acids is 1. The second-order valence-corrected chi connectivity index (χ2v) is 8.71. The number of carboxylic acids is 1. The van der Waals surface area contributed by atoms with Crippen molar-refractivity contribution >= 4 is 34.3 Å². The van der Waals surface area contributed by atoms with Gasteiger partial charge in [-0.2, -0.15) is 0 Å². The lowest BCUT2D eigenvalue weighted by Crippen LogP contribution is -2.26. The van der Waals surface area contributed by atoms with E-state index in [0.717, 1.165) is 27.9 Å². The Morgan fingerprint density at radius 3 is 2.30 bits per heavy atom. The molecule has 2 N–H and O–H groups in total. The third-order valence-corrected chi connectivity index (χ3v) is 6.03. The van der Waals surface area contributed by atoms with Gasteiger partial charge in [-0.05, 0) is 71.3 Å². The van der Waals surface area contributed by atoms with Crippen molar-refractivity contribution in [1.82, 2.24) is 14.9 Å². The highest BCUT2D eigenvalue weighted by atomic mass is 16.4. The molecule has 5 rings (SSSR count). The lowest BCUT2D eigenvalue weighted by molar-refractivity contribution is 0.0696. The molecule has 182 valence electrons. The number of amides is 1. The fraction of sp³-hybridized carbons (Fsp3) is 0.0667. The summed E-state index contributed by atoms with van der Waals surface area (Å²) in [5.74, 6) is -1.04. The van der Waals surface area contributed by atoms with Crippen LogP contribution < -0.4 is 5.32 Å². The Labute approximate surface area is 214 Å². The van der Waals surface area contributed by atoms with Crippen LogP contribution in [0.25, 0.3) is 22.2 Å². The van der Waals surface area contributed by atoms with Crippen LogP contribution in [0.15, 0.2) is 103 Å². The van der Waals surface area contributed by atoms with E-state index in [0.29, 0.717) is 23.3 Å². The molecule has 1 aromatic heterocycles. The first-order valence-electron chi connectivity index (χ1n) is 11.7. The molecule has 0 aliphatic heterocycles. The molecule has 0 bridgehead atoms. The normalized spacial score (nSPS) is 10.7. The summed E-state index contributed by atoms with van der Waals surface area (Å²) in [5, 5.41) is 12.4. The van der Waals surface area contributed by atoms with E-state index in [4.69, 9.17) is 0 Å². The summed E-state index contributed by atoms with van der Waals surface area (Å²) < 4.78 is 0. The maximum atomic E-state index is 13.0. The van der Waals surface area contributed by atoms with Crippen molar-refractivity contribution in [3.63, 3.8) is 0 Å². The van der Waals surface area contributed by atoms with E-state index in [1.807, 2.05) is 54.6 Å². The van der Waals surface area contributed by atoms with Gasteiger partial charge in [0.05, 0.1) is 16.6 Å². The number of hydrogen-bond donors (Lipinski definition) is 2. The highest BCUT2D eigenvalue weighted by Crippen LogP contribution is 2.25. The lowest BCUT2D eigenvalue weighted by atomic mass is 10.0. The molecule has 0 aliphatic rings. The largest absolute Gasteiger partial charge is 0.478 e. The molecule has 0 saturated heterocycles. The first-order valence-corrected chi connectivity index (χ1v) is 11.7. The molecule has 5 aromatic rings. The molecule has 0 spiro atoms. The summed E-state index contributed by atoms with van der Waals surface area (Å²) in [7, 11) is 1.79. The number of nitrogens with zero attached hydrogens (tertiary/aromatic N) is 3. The number of nitrogens with one attached hydrogen (secondary N) is 1. The SMILES string of the molecule is CN(Cc1cccc(-c2ccc(Nc3cccc(C(=O)O)c3)cc2)c1)C(=O)c1ccc2nccnc2c1. The number of carbonyl (C=O) groups is 2. The van der Waals surface area contributed by atoms with E-state index >= 15 is 0 Å². The zero-order valence-electron chi connectivity index (χ0n) is 20.1. The van der Waals surface area contributed by atoms with Gasteiger partial charge in [-0.25, -0.2) is 4.79 Å². The molecule has 4 aromatic carbocycles. The molecular weight excluding hydrogens is 464 g/mol. The van der Waals surface area contributed by atoms with Crippen LogP contribution in [0.2, 0.25) is 0 Å². The van der Waals surface area contributed by atoms with Gasteiger partial charge in [0.25, 0.3) is 5.91 Å². The van der Waals surface area contributed by atoms with Crippen LogP contribution in [0.3, 0.4) is 0 Å². The topological polar surface area (TPSA) is 95.4 Å². The first kappa shape index (κ1) is 23.7. The maximum Gasteiger partial charge on any atom is 0.335 e. The number of rotatable bonds is 7. The quantitative estimate of drug-likeness (QED) is 0.291. The highest BCUT2D eigenvalue weighted by molar-refractivity contribution is 5.97. The van der Waals surface area contributed by atoms with Gasteiger partial charge in [-0.15, -0.1) is 0 Å². The van der Waals surface area contributed by atoms with Crippen LogP contribution in [-0.2, 0) is 6.54 Å². The van der Waals surface area contributed by atoms with Crippen LogP contribution >= 0.6 is 0 Å². The molecule has 0 fully saturated rings. The van der Waals surface area contributed by atoms with Gasteiger partial charge >= 0.3 is 5.97 Å². The van der Waals surface area contributed by atoms with Gasteiger partial charge in [0.2, 0.25) is 0 Å². The fourth-order valence-electron chi connectivity index (χ4n) is 4.15. The minimum Gasteiger partial charge on any atom is -0.478 e. The summed E-state index contributed by atoms with van der Waals surface area (Å²) in [6, 6.07) is 28.1. The van der Waals surface area contributed by atoms with Gasteiger partial charge in [-0.1, -0.05) is 36.4 Å². The van der Waals surface area contributed by atoms with Crippen LogP contribution in [0, 0.1) is 0 Å². The van der Waals surface area contributed by atoms with Gasteiger partial charge in [-0.3, -0.25) is 14.8 Å². The van der Waals surface area contributed by atoms with Crippen LogP contribution in [-0.4, -0.2) is 38.9 Å². The first-order chi connectivity index (χ1) is 18.0. The van der Waals surface area contributed by atoms with Crippen molar-refractivity contribution in [2.45, 2.75) is 6.54 Å². The smallest absolute Gasteiger partial charge is 0.335 e. The zero-order chi connectivity index (χ0) is 25.8. The summed E-state index contributed by atoms with van der Waals surface area (Å²) in [6.07, 6.45) is 3.25. The second kappa shape index (κ2) is 10.3. The lowest BCUT2D eigenvalue weighted by Gasteiger charge is -2.18. The van der Waals surface area contributed by atoms with E-state index in [1.165, 1.54) is 0 Å². The average molecular weight is 489 g/mol. The van der Waals surface area contributed by atoms with Crippen molar-refractivity contribution in [1.29, 1.82) is 0 Å². The molecule has 0 atom stereocenters. The zero-order valence-corrected chi connectivity index (χ0v) is 20.1. The Morgan fingerprint density at radius 2 is 1.51 bits per heavy atom. The van der Waals surface area contributed by atoms with E-state index in [2.05, 4.69) is 21.4 Å². The van der Waals surface area contributed by atoms with Crippen molar-refractivity contribution in [2.75, 3.05) is 12.4 Å². The molecule has 0 radical (unpaired) electrons. The monoisotopic (exact) mass is 488 g/mol. The van der Waals surface area contributed by atoms with Crippen molar-refractivity contribution in [3.05, 3.63) is 120 Å². The number of carbonyl (C=O) groups excluding carboxylic acids is 1. The average Bonchev–Trinajstić information content (AvgIpc) is 2.93. The predicted octanol–water partition coefficient (Wildman–Crippen LogP) is 6.01. The molecule has 0 unspecified atom stereocenters. The Bertz CT molecular complexity index is 1600. The van der Waals surface area contributed by atoms with Gasteiger partial charge in [0.15, 0.2) is 0 Å². The van der Waals surface area contributed by atoms with E-state index in [9.17, 15) is 14.7 Å². The van der Waals surface area contributed by atoms with Crippen molar-refractivity contribution in [3.8, 4) is 11.1 Å². The maximum absolute atomic E-state index is 13.0. The number of benzene rings is 4. The van der Waals surface area contributed by atoms with Gasteiger partial charge < -0.3 is 15.3 Å². The van der Waals surface area contributed by atoms with Gasteiger partial charge in [0.1, 0.15) is 0 Å². The molecular formula is C30H24N4O3. The van der Waals surface area contributed by atoms with Crippen LogP contribution in [0.5, 0.6) is 0 Å². The molecule has 37 heavy (non-hydrogen) atoms. The number of hydrogen-bond acceptors (Lipinski definition) is 5. The van der Waals surface area contributed by atoms with Crippen molar-refractivity contribution in [2.24, 2.45) is 0 Å². The Balaban J connectivity index is 1.28. The number of anilines is 2. The number of carboxylic acid groups (broad SMARTS) is 1. The summed E-state index contributed by atoms with van der Waals surface area (Å²) in [5.41, 5.74) is 6.91. The van der Waals surface area contributed by atoms with Crippen LogP contribution in [0.1, 0.15) is 26.3 Å². The molecule has 7 nitrogen and oxygen atoms in total. The molecule has 1 amide bonds. The molecule has 1 heterocycles. The number of aromatic nitrogens is 2. The van der Waals surface area contributed by atoms with E-state index in [-0.39, 0.29) is 11.5 Å². The number of fused-ring (bicyclic) bond motifs is 1. The third kappa shape index (κ3) is 5.46. The van der Waals surface area contributed by atoms with Crippen LogP contribution in [0.4, 0.5) is 11.4 Å². The van der Waals surface area contributed by atoms with Gasteiger partial charge in [0, 0.05) is 42.9 Å².